The Morgan fingerprint density at radius 1 is 1.22 bits per heavy atom. The minimum Gasteiger partial charge on any atom is -0.488 e. The zero-order valence-corrected chi connectivity index (χ0v) is 19.2. The highest BCUT2D eigenvalue weighted by atomic mass is 19.1. The molecule has 3 aliphatic rings. The number of fused-ring (bicyclic) bond motifs is 4. The van der Waals surface area contributed by atoms with Crippen LogP contribution in [0.4, 0.5) is 10.1 Å². The number of para-hydroxylation sites is 1. The van der Waals surface area contributed by atoms with Crippen LogP contribution in [0.2, 0.25) is 0 Å². The molecule has 2 aromatic carbocycles. The first kappa shape index (κ1) is 22.5. The van der Waals surface area contributed by atoms with Gasteiger partial charge in [0.05, 0.1) is 40.1 Å². The molecule has 2 aliphatic carbocycles. The van der Waals surface area contributed by atoms with Gasteiger partial charge in [-0.15, -0.1) is 10.2 Å². The van der Waals surface area contributed by atoms with E-state index in [2.05, 4.69) is 25.1 Å². The molecule has 2 saturated carbocycles. The molecule has 0 bridgehead atoms. The van der Waals surface area contributed by atoms with Crippen molar-refractivity contribution in [1.82, 2.24) is 24.3 Å². The molecule has 0 atom stereocenters. The number of carbonyl (C=O) groups excluding carboxylic acids is 1. The van der Waals surface area contributed by atoms with E-state index in [0.717, 1.165) is 48.2 Å². The second-order valence-electron chi connectivity index (χ2n) is 9.77. The largest absolute Gasteiger partial charge is 0.488 e. The van der Waals surface area contributed by atoms with Gasteiger partial charge in [-0.2, -0.15) is 0 Å². The van der Waals surface area contributed by atoms with Gasteiger partial charge in [0.2, 0.25) is 0 Å². The number of anilines is 1. The lowest BCUT2D eigenvalue weighted by Gasteiger charge is -2.16. The molecule has 9 heteroatoms. The van der Waals surface area contributed by atoms with Gasteiger partial charge in [0.1, 0.15) is 18.8 Å². The van der Waals surface area contributed by atoms with Gasteiger partial charge in [-0.1, -0.05) is 13.5 Å². The molecule has 1 amide bonds. The van der Waals surface area contributed by atoms with Gasteiger partial charge in [-0.3, -0.25) is 4.79 Å². The fraction of sp³-hybridized carbons (Fsp3) is 0.333. The topological polar surface area (TPSA) is 86.9 Å². The summed E-state index contributed by atoms with van der Waals surface area (Å²) in [6.07, 6.45) is 9.70. The van der Waals surface area contributed by atoms with Crippen molar-refractivity contribution in [2.24, 2.45) is 0 Å². The molecule has 7 rings (SSSR count). The van der Waals surface area contributed by atoms with Crippen LogP contribution in [-0.4, -0.2) is 36.8 Å². The molecule has 1 N–H and O–H groups in total. The van der Waals surface area contributed by atoms with Crippen LogP contribution < -0.4 is 10.1 Å². The normalized spacial score (nSPS) is 16.8. The Morgan fingerprint density at radius 3 is 2.83 bits per heavy atom. The molecular formula is C27H27FN6O2. The van der Waals surface area contributed by atoms with E-state index in [0.29, 0.717) is 29.8 Å². The summed E-state index contributed by atoms with van der Waals surface area (Å²) in [7, 11) is 0. The summed E-state index contributed by atoms with van der Waals surface area (Å²) in [5.74, 6) is 0.617. The van der Waals surface area contributed by atoms with Gasteiger partial charge in [0, 0.05) is 12.1 Å². The molecule has 0 saturated heterocycles. The van der Waals surface area contributed by atoms with Crippen molar-refractivity contribution in [2.45, 2.75) is 51.5 Å². The van der Waals surface area contributed by atoms with Gasteiger partial charge < -0.3 is 19.2 Å². The van der Waals surface area contributed by atoms with Crippen molar-refractivity contribution in [3.63, 3.8) is 0 Å². The molecule has 8 nitrogen and oxygen atoms in total. The number of hydrogen-bond donors (Lipinski definition) is 1. The Balaban J connectivity index is 0.00000240. The number of halogens is 1. The fourth-order valence-electron chi connectivity index (χ4n) is 4.90. The van der Waals surface area contributed by atoms with Crippen LogP contribution in [0, 0.1) is 12.7 Å². The monoisotopic (exact) mass is 486 g/mol. The molecule has 3 heterocycles. The van der Waals surface area contributed by atoms with E-state index in [1.807, 2.05) is 29.8 Å². The first-order valence-electron chi connectivity index (χ1n) is 11.8. The number of nitrogens with zero attached hydrogens (tertiary/aromatic N) is 5. The molecule has 36 heavy (non-hydrogen) atoms. The Hall–Kier alpha value is -4.01. The molecule has 184 valence electrons. The van der Waals surface area contributed by atoms with Gasteiger partial charge in [-0.25, -0.2) is 9.37 Å². The van der Waals surface area contributed by atoms with E-state index in [1.165, 1.54) is 6.07 Å². The highest BCUT2D eigenvalue weighted by Gasteiger charge is 2.49. The van der Waals surface area contributed by atoms with Crippen molar-refractivity contribution < 1.29 is 13.9 Å². The lowest BCUT2D eigenvalue weighted by Crippen LogP contribution is -2.23. The maximum Gasteiger partial charge on any atom is 0.258 e. The predicted molar refractivity (Wildman–Crippen MR) is 133 cm³/mol. The van der Waals surface area contributed by atoms with Crippen molar-refractivity contribution in [2.75, 3.05) is 11.9 Å². The number of hydrogen-bond acceptors (Lipinski definition) is 5. The quantitative estimate of drug-likeness (QED) is 0.427. The number of nitrogens with one attached hydrogen (secondary N) is 1. The standard InChI is InChI=1S/C26H23FN6O2.CH4/c1-15-9-19(27)18(10-22(15)32-11-21(28-13-32)16-5-6-16)25(34)30-20-4-2-3-17-23(20)35-12-26(7-8-26)33-14-29-31-24(17)33;/h2-4,9-11,13-14,16H,5-8,12H2,1H3,(H,30,34);1H4. The number of aryl methyl sites for hydroxylation is 1. The minimum absolute atomic E-state index is 0. The molecule has 2 fully saturated rings. The molecule has 1 spiro atoms. The first-order valence-corrected chi connectivity index (χ1v) is 11.8. The van der Waals surface area contributed by atoms with Crippen LogP contribution in [0.25, 0.3) is 17.1 Å². The average Bonchev–Trinajstić information content (AvgIpc) is 3.76. The van der Waals surface area contributed by atoms with E-state index in [9.17, 15) is 9.18 Å². The van der Waals surface area contributed by atoms with Crippen LogP contribution in [0.3, 0.4) is 0 Å². The van der Waals surface area contributed by atoms with E-state index >= 15 is 0 Å². The minimum atomic E-state index is -0.578. The Bertz CT molecular complexity index is 1500. The third-order valence-corrected chi connectivity index (χ3v) is 7.28. The van der Waals surface area contributed by atoms with E-state index in [-0.39, 0.29) is 18.5 Å². The lowest BCUT2D eigenvalue weighted by molar-refractivity contribution is 0.102. The molecule has 0 radical (unpaired) electrons. The number of amides is 1. The number of imidazole rings is 1. The average molecular weight is 487 g/mol. The lowest BCUT2D eigenvalue weighted by atomic mass is 10.1. The molecule has 2 aromatic heterocycles. The highest BCUT2D eigenvalue weighted by Crippen LogP contribution is 2.50. The fourth-order valence-corrected chi connectivity index (χ4v) is 4.90. The second kappa shape index (κ2) is 8.01. The van der Waals surface area contributed by atoms with Gasteiger partial charge in [-0.05, 0) is 62.4 Å². The van der Waals surface area contributed by atoms with Crippen molar-refractivity contribution in [3.05, 3.63) is 71.8 Å². The number of carbonyl (C=O) groups is 1. The molecular weight excluding hydrogens is 459 g/mol. The van der Waals surface area contributed by atoms with Crippen LogP contribution in [0.15, 0.2) is 49.2 Å². The smallest absolute Gasteiger partial charge is 0.258 e. The zero-order valence-electron chi connectivity index (χ0n) is 19.2. The highest BCUT2D eigenvalue weighted by molar-refractivity contribution is 6.06. The number of ether oxygens (including phenoxy) is 1. The summed E-state index contributed by atoms with van der Waals surface area (Å²) >= 11 is 0. The number of aromatic nitrogens is 5. The van der Waals surface area contributed by atoms with E-state index in [4.69, 9.17) is 4.74 Å². The molecule has 1 aliphatic heterocycles. The Kier molecular flexibility index (Phi) is 5.00. The summed E-state index contributed by atoms with van der Waals surface area (Å²) < 4.78 is 25.1. The van der Waals surface area contributed by atoms with Gasteiger partial charge >= 0.3 is 0 Å². The van der Waals surface area contributed by atoms with Crippen molar-refractivity contribution >= 4 is 11.6 Å². The zero-order chi connectivity index (χ0) is 23.7. The van der Waals surface area contributed by atoms with Gasteiger partial charge in [0.25, 0.3) is 5.91 Å². The van der Waals surface area contributed by atoms with Crippen LogP contribution >= 0.6 is 0 Å². The van der Waals surface area contributed by atoms with Crippen molar-refractivity contribution in [1.29, 1.82) is 0 Å². The first-order chi connectivity index (χ1) is 17.0. The van der Waals surface area contributed by atoms with E-state index in [1.54, 1.807) is 24.8 Å². The van der Waals surface area contributed by atoms with Crippen molar-refractivity contribution in [3.8, 4) is 22.8 Å². The third kappa shape index (κ3) is 3.49. The predicted octanol–water partition coefficient (Wildman–Crippen LogP) is 5.23. The molecule has 4 aromatic rings. The number of rotatable bonds is 4. The Morgan fingerprint density at radius 2 is 2.06 bits per heavy atom. The second-order valence-corrected chi connectivity index (χ2v) is 9.77. The molecule has 0 unspecified atom stereocenters. The summed E-state index contributed by atoms with van der Waals surface area (Å²) in [5.41, 5.74) is 3.53. The Labute approximate surface area is 208 Å². The number of benzene rings is 2. The van der Waals surface area contributed by atoms with Crippen LogP contribution in [0.5, 0.6) is 5.75 Å². The van der Waals surface area contributed by atoms with Gasteiger partial charge in [0.15, 0.2) is 11.6 Å². The summed E-state index contributed by atoms with van der Waals surface area (Å²) in [6, 6.07) is 8.45. The summed E-state index contributed by atoms with van der Waals surface area (Å²) in [6.45, 7) is 2.29. The maximum atomic E-state index is 15.0. The summed E-state index contributed by atoms with van der Waals surface area (Å²) in [4.78, 5) is 17.8. The van der Waals surface area contributed by atoms with Crippen LogP contribution in [-0.2, 0) is 5.54 Å². The SMILES string of the molecule is C.Cc1cc(F)c(C(=O)Nc2cccc3c2OCC2(CC2)n2cnnc2-3)cc1-n1cnc(C2CC2)c1. The summed E-state index contributed by atoms with van der Waals surface area (Å²) in [5, 5.41) is 11.3. The maximum absolute atomic E-state index is 15.0. The van der Waals surface area contributed by atoms with E-state index < -0.39 is 11.7 Å². The third-order valence-electron chi connectivity index (χ3n) is 7.28. The van der Waals surface area contributed by atoms with Crippen LogP contribution in [0.1, 0.15) is 60.6 Å².